The number of carbonyl (C=O) groups excluding carboxylic acids is 3. The Morgan fingerprint density at radius 2 is 0.899 bits per heavy atom. The Bertz CT molecular complexity index is 1390. The molecule has 6 unspecified atom stereocenters. The van der Waals surface area contributed by atoms with Crippen LogP contribution in [0.3, 0.4) is 0 Å². The van der Waals surface area contributed by atoms with Gasteiger partial charge in [-0.2, -0.15) is 0 Å². The summed E-state index contributed by atoms with van der Waals surface area (Å²) in [5, 5.41) is 31.4. The first-order chi connectivity index (χ1) is 33.6. The minimum absolute atomic E-state index is 0.0444. The summed E-state index contributed by atoms with van der Waals surface area (Å²) in [7, 11) is 0. The lowest BCUT2D eigenvalue weighted by atomic mass is 9.98. The maximum atomic E-state index is 13.1. The molecule has 69 heavy (non-hydrogen) atoms. The molecular weight excluding hydrogens is 877 g/mol. The van der Waals surface area contributed by atoms with Crippen LogP contribution in [0.2, 0.25) is 0 Å². The van der Waals surface area contributed by atoms with Crippen LogP contribution in [0.5, 0.6) is 0 Å². The van der Waals surface area contributed by atoms with Crippen molar-refractivity contribution in [1.29, 1.82) is 0 Å². The van der Waals surface area contributed by atoms with Gasteiger partial charge in [0.05, 0.1) is 6.61 Å². The average molecular weight is 975 g/mol. The second-order valence-corrected chi connectivity index (χ2v) is 18.9. The summed E-state index contributed by atoms with van der Waals surface area (Å²) in [4.78, 5) is 50.9. The molecule has 1 aliphatic heterocycles. The zero-order chi connectivity index (χ0) is 50.4. The number of rotatable bonds is 46. The molecule has 0 spiro atoms. The predicted molar refractivity (Wildman–Crippen MR) is 276 cm³/mol. The molecule has 398 valence electrons. The van der Waals surface area contributed by atoms with Gasteiger partial charge in [-0.25, -0.2) is 4.79 Å². The van der Waals surface area contributed by atoms with Crippen molar-refractivity contribution in [3.05, 3.63) is 48.6 Å². The molecule has 3 N–H and O–H groups in total. The number of ether oxygens (including phenoxy) is 5. The number of carbonyl (C=O) groups is 4. The zero-order valence-corrected chi connectivity index (χ0v) is 43.6. The monoisotopic (exact) mass is 975 g/mol. The van der Waals surface area contributed by atoms with E-state index in [-0.39, 0.29) is 25.9 Å². The summed E-state index contributed by atoms with van der Waals surface area (Å²) < 4.78 is 28.3. The SMILES string of the molecule is CCC/C=C\C/C=C\CCCCCCCC(=O)OCC(COC1OC(C(=O)O)C(O)C(O)C1OC(=O)CCCCCCC/C=C\C/C=C\CCCCC)OC(=O)CCCCCCCCCCCCC. The van der Waals surface area contributed by atoms with Crippen LogP contribution in [0.1, 0.15) is 239 Å². The fourth-order valence-corrected chi connectivity index (χ4v) is 8.08. The fraction of sp³-hybridized carbons (Fsp3) is 0.789. The van der Waals surface area contributed by atoms with Crippen LogP contribution < -0.4 is 0 Å². The molecule has 12 nitrogen and oxygen atoms in total. The van der Waals surface area contributed by atoms with Crippen molar-refractivity contribution < 1.29 is 58.2 Å². The van der Waals surface area contributed by atoms with E-state index in [0.29, 0.717) is 19.3 Å². The van der Waals surface area contributed by atoms with Gasteiger partial charge in [0.15, 0.2) is 24.6 Å². The third-order valence-corrected chi connectivity index (χ3v) is 12.4. The van der Waals surface area contributed by atoms with Gasteiger partial charge in [0.25, 0.3) is 0 Å². The second kappa shape index (κ2) is 45.8. The molecule has 0 saturated carbocycles. The first kappa shape index (κ1) is 63.7. The Hall–Kier alpha value is -3.32. The maximum Gasteiger partial charge on any atom is 0.335 e. The number of aliphatic hydroxyl groups excluding tert-OH is 2. The number of aliphatic carboxylic acids is 1. The summed E-state index contributed by atoms with van der Waals surface area (Å²) in [6.45, 7) is 5.86. The Labute approximate surface area is 418 Å². The van der Waals surface area contributed by atoms with E-state index in [4.69, 9.17) is 23.7 Å². The molecular formula is C57H98O12. The van der Waals surface area contributed by atoms with Crippen LogP contribution in [-0.4, -0.2) is 89.2 Å². The van der Waals surface area contributed by atoms with Gasteiger partial charge in [-0.1, -0.05) is 191 Å². The lowest BCUT2D eigenvalue weighted by Gasteiger charge is -2.40. The van der Waals surface area contributed by atoms with E-state index in [1.807, 2.05) is 0 Å². The highest BCUT2D eigenvalue weighted by atomic mass is 16.7. The highest BCUT2D eigenvalue weighted by Crippen LogP contribution is 2.26. The van der Waals surface area contributed by atoms with Crippen LogP contribution in [0, 0.1) is 0 Å². The topological polar surface area (TPSA) is 175 Å². The molecule has 6 atom stereocenters. The van der Waals surface area contributed by atoms with Crippen molar-refractivity contribution in [2.75, 3.05) is 13.2 Å². The Kier molecular flexibility index (Phi) is 42.3. The summed E-state index contributed by atoms with van der Waals surface area (Å²) in [5.74, 6) is -3.15. The zero-order valence-electron chi connectivity index (χ0n) is 43.6. The van der Waals surface area contributed by atoms with E-state index in [2.05, 4.69) is 69.4 Å². The number of allylic oxidation sites excluding steroid dienone is 8. The molecule has 12 heteroatoms. The number of hydrogen-bond acceptors (Lipinski definition) is 11. The predicted octanol–water partition coefficient (Wildman–Crippen LogP) is 13.4. The number of carboxylic acid groups (broad SMARTS) is 1. The van der Waals surface area contributed by atoms with Gasteiger partial charge in [-0.3, -0.25) is 14.4 Å². The lowest BCUT2D eigenvalue weighted by Crippen LogP contribution is -2.61. The summed E-state index contributed by atoms with van der Waals surface area (Å²) >= 11 is 0. The molecule has 0 aromatic rings. The van der Waals surface area contributed by atoms with Gasteiger partial charge >= 0.3 is 23.9 Å². The molecule has 1 saturated heterocycles. The van der Waals surface area contributed by atoms with E-state index >= 15 is 0 Å². The fourth-order valence-electron chi connectivity index (χ4n) is 8.08. The van der Waals surface area contributed by atoms with Crippen molar-refractivity contribution in [2.45, 2.75) is 276 Å². The Morgan fingerprint density at radius 1 is 0.478 bits per heavy atom. The van der Waals surface area contributed by atoms with Crippen molar-refractivity contribution >= 4 is 23.9 Å². The molecule has 1 aliphatic rings. The molecule has 0 amide bonds. The minimum Gasteiger partial charge on any atom is -0.479 e. The number of unbranched alkanes of at least 4 members (excludes halogenated alkanes) is 24. The van der Waals surface area contributed by atoms with Crippen LogP contribution in [-0.2, 0) is 42.9 Å². The van der Waals surface area contributed by atoms with E-state index in [9.17, 15) is 34.5 Å². The number of carboxylic acids is 1. The third kappa shape index (κ3) is 36.3. The van der Waals surface area contributed by atoms with Crippen LogP contribution in [0.25, 0.3) is 0 Å². The molecule has 1 fully saturated rings. The Morgan fingerprint density at radius 3 is 1.39 bits per heavy atom. The summed E-state index contributed by atoms with van der Waals surface area (Å²) in [5.41, 5.74) is 0. The maximum absolute atomic E-state index is 13.1. The van der Waals surface area contributed by atoms with E-state index < -0.39 is 67.3 Å². The van der Waals surface area contributed by atoms with Crippen LogP contribution >= 0.6 is 0 Å². The smallest absolute Gasteiger partial charge is 0.335 e. The molecule has 0 radical (unpaired) electrons. The average Bonchev–Trinajstić information content (AvgIpc) is 3.33. The number of aliphatic hydroxyl groups is 2. The van der Waals surface area contributed by atoms with Crippen LogP contribution in [0.4, 0.5) is 0 Å². The number of esters is 3. The van der Waals surface area contributed by atoms with Crippen molar-refractivity contribution in [1.82, 2.24) is 0 Å². The highest BCUT2D eigenvalue weighted by Gasteiger charge is 2.50. The second-order valence-electron chi connectivity index (χ2n) is 18.9. The van der Waals surface area contributed by atoms with E-state index in [0.717, 1.165) is 116 Å². The van der Waals surface area contributed by atoms with Crippen molar-refractivity contribution in [3.63, 3.8) is 0 Å². The molecule has 0 bridgehead atoms. The minimum atomic E-state index is -1.91. The standard InChI is InChI=1S/C57H98O12/c1-4-7-10-13-16-19-22-24-25-27-30-33-36-39-42-45-51(60)68-55-53(62)52(61)54(56(63)64)69-57(55)66-47-48(67-50(59)44-41-38-35-32-28-21-18-15-12-9-6-3)46-65-49(58)43-40-37-34-31-29-26-23-20-17-14-11-8-5-2/h11,14,16,19-20,23-25,48,52-55,57,61-62H,4-10,12-13,15,17-18,21-22,26-47H2,1-3H3,(H,63,64)/b14-11-,19-16-,23-20-,25-24-. The van der Waals surface area contributed by atoms with Gasteiger partial charge in [0.2, 0.25) is 0 Å². The molecule has 0 aliphatic carbocycles. The van der Waals surface area contributed by atoms with Crippen LogP contribution in [0.15, 0.2) is 48.6 Å². The lowest BCUT2D eigenvalue weighted by molar-refractivity contribution is -0.301. The van der Waals surface area contributed by atoms with Crippen molar-refractivity contribution in [2.24, 2.45) is 0 Å². The first-order valence-corrected chi connectivity index (χ1v) is 27.6. The van der Waals surface area contributed by atoms with Gasteiger partial charge in [-0.05, 0) is 77.0 Å². The van der Waals surface area contributed by atoms with Gasteiger partial charge in [-0.15, -0.1) is 0 Å². The largest absolute Gasteiger partial charge is 0.479 e. The normalized spacial score (nSPS) is 19.0. The summed E-state index contributed by atoms with van der Waals surface area (Å²) in [6, 6.07) is 0. The summed E-state index contributed by atoms with van der Waals surface area (Å²) in [6.07, 6.45) is 40.9. The molecule has 1 heterocycles. The van der Waals surface area contributed by atoms with Gasteiger partial charge in [0, 0.05) is 19.3 Å². The van der Waals surface area contributed by atoms with E-state index in [1.165, 1.54) is 64.2 Å². The van der Waals surface area contributed by atoms with Gasteiger partial charge < -0.3 is 39.0 Å². The molecule has 1 rings (SSSR count). The first-order valence-electron chi connectivity index (χ1n) is 27.6. The van der Waals surface area contributed by atoms with E-state index in [1.54, 1.807) is 0 Å². The molecule has 0 aromatic heterocycles. The molecule has 0 aromatic carbocycles. The Balaban J connectivity index is 2.72. The van der Waals surface area contributed by atoms with Gasteiger partial charge in [0.1, 0.15) is 18.8 Å². The number of hydrogen-bond donors (Lipinski definition) is 3. The highest BCUT2D eigenvalue weighted by molar-refractivity contribution is 5.74. The quantitative estimate of drug-likeness (QED) is 0.0228. The third-order valence-electron chi connectivity index (χ3n) is 12.4. The van der Waals surface area contributed by atoms with Crippen molar-refractivity contribution in [3.8, 4) is 0 Å².